The molecule has 1 aromatic carbocycles. The highest BCUT2D eigenvalue weighted by Gasteiger charge is 2.18. The Balaban J connectivity index is 1.55. The first-order valence-corrected chi connectivity index (χ1v) is 10.1. The van der Waals surface area contributed by atoms with Crippen LogP contribution in [0.1, 0.15) is 37.2 Å². The van der Waals surface area contributed by atoms with Gasteiger partial charge < -0.3 is 14.8 Å². The van der Waals surface area contributed by atoms with Gasteiger partial charge in [-0.25, -0.2) is 0 Å². The number of nitrogens with one attached hydrogen (secondary N) is 2. The van der Waals surface area contributed by atoms with Gasteiger partial charge >= 0.3 is 0 Å². The van der Waals surface area contributed by atoms with E-state index in [0.717, 1.165) is 53.8 Å². The van der Waals surface area contributed by atoms with E-state index in [2.05, 4.69) is 20.5 Å². The minimum Gasteiger partial charge on any atom is -0.489 e. The highest BCUT2D eigenvalue weighted by molar-refractivity contribution is 6.05. The summed E-state index contributed by atoms with van der Waals surface area (Å²) in [5.41, 5.74) is 3.13. The first-order valence-electron chi connectivity index (χ1n) is 10.1. The Bertz CT molecular complexity index is 993. The van der Waals surface area contributed by atoms with Crippen LogP contribution < -0.4 is 10.1 Å². The van der Waals surface area contributed by atoms with E-state index in [0.29, 0.717) is 18.2 Å². The number of benzene rings is 1. The minimum absolute atomic E-state index is 0.0782. The van der Waals surface area contributed by atoms with Gasteiger partial charge in [-0.2, -0.15) is 5.10 Å². The van der Waals surface area contributed by atoms with Gasteiger partial charge in [0.1, 0.15) is 5.75 Å². The molecule has 0 saturated carbocycles. The van der Waals surface area contributed by atoms with E-state index in [4.69, 9.17) is 9.47 Å². The van der Waals surface area contributed by atoms with E-state index in [9.17, 15) is 4.79 Å². The van der Waals surface area contributed by atoms with Gasteiger partial charge in [-0.05, 0) is 56.4 Å². The Morgan fingerprint density at radius 2 is 2.07 bits per heavy atom. The van der Waals surface area contributed by atoms with E-state index in [-0.39, 0.29) is 12.0 Å². The molecule has 1 amide bonds. The predicted octanol–water partition coefficient (Wildman–Crippen LogP) is 3.57. The largest absolute Gasteiger partial charge is 0.489 e. The third kappa shape index (κ3) is 4.56. The standard InChI is InChI=1S/C22H26N4O3/c1-14(2)29-18-9-17(12-23-13-18)16-3-4-20-19(10-16)21(26-25-20)22(27)24-11-15-5-7-28-8-6-15/h3-4,9-10,12-15H,5-8,11H2,1-2H3,(H,24,27)(H,25,26). The Labute approximate surface area is 169 Å². The fraction of sp³-hybridized carbons (Fsp3) is 0.409. The zero-order valence-corrected chi connectivity index (χ0v) is 16.8. The van der Waals surface area contributed by atoms with E-state index in [1.165, 1.54) is 0 Å². The van der Waals surface area contributed by atoms with Crippen molar-refractivity contribution in [3.63, 3.8) is 0 Å². The summed E-state index contributed by atoms with van der Waals surface area (Å²) in [6, 6.07) is 7.85. The Kier molecular flexibility index (Phi) is 5.76. The summed E-state index contributed by atoms with van der Waals surface area (Å²) >= 11 is 0. The van der Waals surface area contributed by atoms with Crippen LogP contribution in [0.3, 0.4) is 0 Å². The molecule has 1 aliphatic rings. The Morgan fingerprint density at radius 3 is 2.86 bits per heavy atom. The van der Waals surface area contributed by atoms with Crippen LogP contribution in [0.4, 0.5) is 0 Å². The number of ether oxygens (including phenoxy) is 2. The highest BCUT2D eigenvalue weighted by Crippen LogP contribution is 2.27. The van der Waals surface area contributed by atoms with Gasteiger partial charge in [0.25, 0.3) is 5.91 Å². The van der Waals surface area contributed by atoms with E-state index in [1.54, 1.807) is 12.4 Å². The minimum atomic E-state index is -0.157. The Morgan fingerprint density at radius 1 is 1.24 bits per heavy atom. The average molecular weight is 394 g/mol. The van der Waals surface area contributed by atoms with Gasteiger partial charge in [0.2, 0.25) is 0 Å². The average Bonchev–Trinajstić information content (AvgIpc) is 3.16. The van der Waals surface area contributed by atoms with Crippen LogP contribution in [-0.4, -0.2) is 47.0 Å². The van der Waals surface area contributed by atoms with Crippen molar-refractivity contribution in [3.8, 4) is 16.9 Å². The third-order valence-corrected chi connectivity index (χ3v) is 5.09. The lowest BCUT2D eigenvalue weighted by atomic mass is 10.0. The third-order valence-electron chi connectivity index (χ3n) is 5.09. The molecule has 0 radical (unpaired) electrons. The summed E-state index contributed by atoms with van der Waals surface area (Å²) in [5, 5.41) is 11.0. The van der Waals surface area contributed by atoms with Crippen molar-refractivity contribution < 1.29 is 14.3 Å². The molecule has 0 unspecified atom stereocenters. The number of aromatic nitrogens is 3. The van der Waals surface area contributed by atoms with Crippen LogP contribution in [0.2, 0.25) is 0 Å². The predicted molar refractivity (Wildman–Crippen MR) is 111 cm³/mol. The molecule has 0 atom stereocenters. The van der Waals surface area contributed by atoms with Crippen molar-refractivity contribution in [2.75, 3.05) is 19.8 Å². The number of hydrogen-bond acceptors (Lipinski definition) is 5. The highest BCUT2D eigenvalue weighted by atomic mass is 16.5. The van der Waals surface area contributed by atoms with E-state index < -0.39 is 0 Å². The van der Waals surface area contributed by atoms with Gasteiger partial charge in [0, 0.05) is 36.9 Å². The molecule has 0 spiro atoms. The number of H-pyrrole nitrogens is 1. The molecule has 1 saturated heterocycles. The van der Waals surface area contributed by atoms with E-state index in [1.807, 2.05) is 38.1 Å². The number of rotatable bonds is 6. The number of fused-ring (bicyclic) bond motifs is 1. The summed E-state index contributed by atoms with van der Waals surface area (Å²) in [5.74, 6) is 1.03. The van der Waals surface area contributed by atoms with Crippen LogP contribution >= 0.6 is 0 Å². The lowest BCUT2D eigenvalue weighted by Crippen LogP contribution is -2.32. The van der Waals surface area contributed by atoms with Crippen molar-refractivity contribution in [1.29, 1.82) is 0 Å². The van der Waals surface area contributed by atoms with Crippen LogP contribution in [0, 0.1) is 5.92 Å². The lowest BCUT2D eigenvalue weighted by Gasteiger charge is -2.21. The molecule has 2 aromatic heterocycles. The number of nitrogens with zero attached hydrogens (tertiary/aromatic N) is 2. The second-order valence-electron chi connectivity index (χ2n) is 7.67. The first-order chi connectivity index (χ1) is 14.1. The van der Waals surface area contributed by atoms with Crippen molar-refractivity contribution in [1.82, 2.24) is 20.5 Å². The van der Waals surface area contributed by atoms with Crippen LogP contribution in [0.25, 0.3) is 22.0 Å². The molecule has 1 fully saturated rings. The van der Waals surface area contributed by atoms with Crippen molar-refractivity contribution in [2.45, 2.75) is 32.8 Å². The van der Waals surface area contributed by atoms with E-state index >= 15 is 0 Å². The van der Waals surface area contributed by atoms with Crippen molar-refractivity contribution in [2.24, 2.45) is 5.92 Å². The maximum Gasteiger partial charge on any atom is 0.272 e. The first kappa shape index (κ1) is 19.4. The van der Waals surface area contributed by atoms with Gasteiger partial charge in [-0.1, -0.05) is 6.07 Å². The summed E-state index contributed by atoms with van der Waals surface area (Å²) < 4.78 is 11.1. The molecule has 2 N–H and O–H groups in total. The second kappa shape index (κ2) is 8.61. The number of carbonyl (C=O) groups is 1. The molecule has 4 rings (SSSR count). The number of amides is 1. The fourth-order valence-corrected chi connectivity index (χ4v) is 3.55. The number of aromatic amines is 1. The summed E-state index contributed by atoms with van der Waals surface area (Å²) in [6.07, 6.45) is 5.53. The number of hydrogen-bond donors (Lipinski definition) is 2. The Hall–Kier alpha value is -2.93. The summed E-state index contributed by atoms with van der Waals surface area (Å²) in [6.45, 7) is 6.14. The fourth-order valence-electron chi connectivity index (χ4n) is 3.55. The normalized spacial score (nSPS) is 15.0. The zero-order chi connectivity index (χ0) is 20.2. The second-order valence-corrected chi connectivity index (χ2v) is 7.67. The smallest absolute Gasteiger partial charge is 0.272 e. The molecular formula is C22H26N4O3. The molecule has 29 heavy (non-hydrogen) atoms. The van der Waals surface area contributed by atoms with Crippen molar-refractivity contribution in [3.05, 3.63) is 42.4 Å². The number of pyridine rings is 1. The molecule has 3 aromatic rings. The quantitative estimate of drug-likeness (QED) is 0.667. The lowest BCUT2D eigenvalue weighted by molar-refractivity contribution is 0.0642. The molecule has 0 bridgehead atoms. The topological polar surface area (TPSA) is 89.1 Å². The molecule has 7 heteroatoms. The molecule has 3 heterocycles. The molecule has 1 aliphatic heterocycles. The van der Waals surface area contributed by atoms with Gasteiger partial charge in [0.05, 0.1) is 17.8 Å². The zero-order valence-electron chi connectivity index (χ0n) is 16.8. The SMILES string of the molecule is CC(C)Oc1cncc(-c2ccc3[nH]nc(C(=O)NCC4CCOCC4)c3c2)c1. The molecular weight excluding hydrogens is 368 g/mol. The molecule has 7 nitrogen and oxygen atoms in total. The van der Waals surface area contributed by atoms with Crippen molar-refractivity contribution >= 4 is 16.8 Å². The molecule has 152 valence electrons. The maximum absolute atomic E-state index is 12.7. The van der Waals surface area contributed by atoms with Crippen LogP contribution in [-0.2, 0) is 4.74 Å². The van der Waals surface area contributed by atoms with Gasteiger partial charge in [0.15, 0.2) is 5.69 Å². The van der Waals surface area contributed by atoms with Crippen LogP contribution in [0.5, 0.6) is 5.75 Å². The van der Waals surface area contributed by atoms with Gasteiger partial charge in [-0.3, -0.25) is 14.9 Å². The van der Waals surface area contributed by atoms with Crippen LogP contribution in [0.15, 0.2) is 36.7 Å². The monoisotopic (exact) mass is 394 g/mol. The van der Waals surface area contributed by atoms with Gasteiger partial charge in [-0.15, -0.1) is 0 Å². The number of carbonyl (C=O) groups excluding carboxylic acids is 1. The summed E-state index contributed by atoms with van der Waals surface area (Å²) in [4.78, 5) is 17.0. The maximum atomic E-state index is 12.7. The molecule has 0 aliphatic carbocycles. The summed E-state index contributed by atoms with van der Waals surface area (Å²) in [7, 11) is 0.